The van der Waals surface area contributed by atoms with Gasteiger partial charge in [0.2, 0.25) is 5.91 Å². The molecule has 0 radical (unpaired) electrons. The molecule has 1 atom stereocenters. The van der Waals surface area contributed by atoms with Crippen molar-refractivity contribution in [3.63, 3.8) is 0 Å². The zero-order chi connectivity index (χ0) is 11.1. The number of carbonyl (C=O) groups excluding carboxylic acids is 1. The van der Waals surface area contributed by atoms with Crippen molar-refractivity contribution in [3.05, 3.63) is 0 Å². The first-order valence-electron chi connectivity index (χ1n) is 4.21. The molecule has 0 aromatic rings. The molecule has 0 spiro atoms. The van der Waals surface area contributed by atoms with Gasteiger partial charge in [0.25, 0.3) is 0 Å². The third kappa shape index (κ3) is 8.06. The molecule has 0 aromatic heterocycles. The zero-order valence-electron chi connectivity index (χ0n) is 8.52. The Bertz CT molecular complexity index is 243. The molecule has 0 fully saturated rings. The number of hydrogen-bond donors (Lipinski definition) is 3. The van der Waals surface area contributed by atoms with E-state index in [4.69, 9.17) is 10.2 Å². The summed E-state index contributed by atoms with van der Waals surface area (Å²) in [6, 6.07) is -1.34. The Morgan fingerprint density at radius 3 is 2.13 bits per heavy atom. The van der Waals surface area contributed by atoms with Gasteiger partial charge in [0.05, 0.1) is 6.42 Å². The van der Waals surface area contributed by atoms with Crippen LogP contribution in [0.2, 0.25) is 0 Å². The summed E-state index contributed by atoms with van der Waals surface area (Å²) in [6.45, 7) is 1.77. The Morgan fingerprint density at radius 1 is 1.27 bits per heavy atom. The standard InChI is InChI=1S/C8H13NO5.Zn/c1-2-3-6(10)9-5(8(13)14)4-7(11)12;/h5H,2-4H2,1H3,(H,9,10)(H,11,12)(H,13,14);/t5-;/m0./s1. The molecule has 0 saturated carbocycles. The number of amides is 1. The van der Waals surface area contributed by atoms with Gasteiger partial charge in [-0.15, -0.1) is 0 Å². The molecule has 15 heavy (non-hydrogen) atoms. The van der Waals surface area contributed by atoms with Crippen LogP contribution in [-0.2, 0) is 33.9 Å². The summed E-state index contributed by atoms with van der Waals surface area (Å²) in [4.78, 5) is 31.7. The van der Waals surface area contributed by atoms with Crippen LogP contribution >= 0.6 is 0 Å². The minimum atomic E-state index is -1.34. The monoisotopic (exact) mass is 267 g/mol. The molecule has 0 rings (SSSR count). The van der Waals surface area contributed by atoms with Crippen molar-refractivity contribution in [2.24, 2.45) is 0 Å². The summed E-state index contributed by atoms with van der Waals surface area (Å²) in [5, 5.41) is 19.1. The van der Waals surface area contributed by atoms with Crippen LogP contribution in [0, 0.1) is 0 Å². The first-order valence-corrected chi connectivity index (χ1v) is 4.21. The van der Waals surface area contributed by atoms with E-state index in [1.807, 2.05) is 0 Å². The average Bonchev–Trinajstić information content (AvgIpc) is 2.02. The van der Waals surface area contributed by atoms with Gasteiger partial charge in [-0.1, -0.05) is 6.92 Å². The maximum absolute atomic E-state index is 11.0. The molecule has 7 heteroatoms. The predicted molar refractivity (Wildman–Crippen MR) is 46.7 cm³/mol. The van der Waals surface area contributed by atoms with Crippen molar-refractivity contribution in [3.8, 4) is 0 Å². The summed E-state index contributed by atoms with van der Waals surface area (Å²) in [5.41, 5.74) is 0. The number of rotatable bonds is 6. The molecule has 0 aliphatic carbocycles. The van der Waals surface area contributed by atoms with Gasteiger partial charge in [0.1, 0.15) is 6.04 Å². The van der Waals surface area contributed by atoms with Gasteiger partial charge in [-0.3, -0.25) is 9.59 Å². The van der Waals surface area contributed by atoms with E-state index < -0.39 is 30.3 Å². The van der Waals surface area contributed by atoms with Crippen LogP contribution in [0.1, 0.15) is 26.2 Å². The van der Waals surface area contributed by atoms with E-state index in [9.17, 15) is 14.4 Å². The molecule has 0 aliphatic heterocycles. The molecule has 3 N–H and O–H groups in total. The second kappa shape index (κ2) is 8.35. The van der Waals surface area contributed by atoms with E-state index in [0.717, 1.165) is 0 Å². The first kappa shape index (κ1) is 16.5. The van der Waals surface area contributed by atoms with Gasteiger partial charge in [-0.25, -0.2) is 4.79 Å². The Morgan fingerprint density at radius 2 is 1.80 bits per heavy atom. The normalized spacial score (nSPS) is 11.0. The Kier molecular flexibility index (Phi) is 9.16. The summed E-state index contributed by atoms with van der Waals surface area (Å²) in [6.07, 6.45) is 0.180. The molecule has 0 saturated heterocycles. The molecule has 0 unspecified atom stereocenters. The van der Waals surface area contributed by atoms with Crippen molar-refractivity contribution in [1.29, 1.82) is 0 Å². The molecule has 0 heterocycles. The average molecular weight is 269 g/mol. The molecule has 0 aliphatic rings. The minimum absolute atomic E-state index is 0. The molecule has 0 bridgehead atoms. The fraction of sp³-hybridized carbons (Fsp3) is 0.625. The zero-order valence-corrected chi connectivity index (χ0v) is 11.5. The topological polar surface area (TPSA) is 104 Å². The SMILES string of the molecule is CCCC(=O)N[C@@H](CC(=O)O)C(=O)O.[Zn]. The number of hydrogen-bond acceptors (Lipinski definition) is 3. The third-order valence-corrected chi connectivity index (χ3v) is 1.49. The fourth-order valence-corrected chi connectivity index (χ4v) is 0.868. The Hall–Kier alpha value is -0.967. The summed E-state index contributed by atoms with van der Waals surface area (Å²) in [5.74, 6) is -3.03. The molecular weight excluding hydrogens is 255 g/mol. The van der Waals surface area contributed by atoms with Crippen LogP contribution in [0.5, 0.6) is 0 Å². The van der Waals surface area contributed by atoms with Crippen molar-refractivity contribution in [2.45, 2.75) is 32.2 Å². The van der Waals surface area contributed by atoms with Crippen LogP contribution < -0.4 is 5.32 Å². The Labute approximate surface area is 99.8 Å². The van der Waals surface area contributed by atoms with Gasteiger partial charge in [-0.2, -0.15) is 0 Å². The second-order valence-electron chi connectivity index (χ2n) is 2.81. The predicted octanol–water partition coefficient (Wildman–Crippen LogP) is -0.172. The van der Waals surface area contributed by atoms with E-state index in [1.54, 1.807) is 6.92 Å². The largest absolute Gasteiger partial charge is 0.481 e. The van der Waals surface area contributed by atoms with E-state index in [-0.39, 0.29) is 25.9 Å². The minimum Gasteiger partial charge on any atom is -0.481 e. The van der Waals surface area contributed by atoms with Gasteiger partial charge in [0, 0.05) is 25.9 Å². The fourth-order valence-electron chi connectivity index (χ4n) is 0.868. The van der Waals surface area contributed by atoms with E-state index in [1.165, 1.54) is 0 Å². The number of carbonyl (C=O) groups is 3. The number of carboxylic acid groups (broad SMARTS) is 2. The maximum atomic E-state index is 11.0. The van der Waals surface area contributed by atoms with Crippen LogP contribution in [0.4, 0.5) is 0 Å². The van der Waals surface area contributed by atoms with Gasteiger partial charge >= 0.3 is 11.9 Å². The molecule has 6 nitrogen and oxygen atoms in total. The first-order chi connectivity index (χ1) is 6.47. The maximum Gasteiger partial charge on any atom is 0.326 e. The number of nitrogens with one attached hydrogen (secondary N) is 1. The summed E-state index contributed by atoms with van der Waals surface area (Å²) >= 11 is 0. The van der Waals surface area contributed by atoms with Gasteiger partial charge < -0.3 is 15.5 Å². The second-order valence-corrected chi connectivity index (χ2v) is 2.81. The Balaban J connectivity index is 0. The molecule has 82 valence electrons. The van der Waals surface area contributed by atoms with E-state index in [0.29, 0.717) is 6.42 Å². The van der Waals surface area contributed by atoms with E-state index >= 15 is 0 Å². The van der Waals surface area contributed by atoms with Crippen LogP contribution in [0.15, 0.2) is 0 Å². The molecular formula is C8H13NO5Zn. The molecule has 1 amide bonds. The van der Waals surface area contributed by atoms with Crippen LogP contribution in [0.3, 0.4) is 0 Å². The molecule has 0 aromatic carbocycles. The number of carboxylic acids is 2. The van der Waals surface area contributed by atoms with E-state index in [2.05, 4.69) is 5.32 Å². The van der Waals surface area contributed by atoms with Gasteiger partial charge in [0.15, 0.2) is 0 Å². The van der Waals surface area contributed by atoms with Crippen LogP contribution in [-0.4, -0.2) is 34.1 Å². The van der Waals surface area contributed by atoms with Gasteiger partial charge in [-0.05, 0) is 6.42 Å². The van der Waals surface area contributed by atoms with Crippen molar-refractivity contribution < 1.29 is 44.1 Å². The van der Waals surface area contributed by atoms with Crippen molar-refractivity contribution in [2.75, 3.05) is 0 Å². The smallest absolute Gasteiger partial charge is 0.326 e. The summed E-state index contributed by atoms with van der Waals surface area (Å²) < 4.78 is 0. The van der Waals surface area contributed by atoms with Crippen LogP contribution in [0.25, 0.3) is 0 Å². The van der Waals surface area contributed by atoms with Crippen molar-refractivity contribution in [1.82, 2.24) is 5.32 Å². The van der Waals surface area contributed by atoms with Crippen molar-refractivity contribution >= 4 is 17.8 Å². The quantitative estimate of drug-likeness (QED) is 0.580. The third-order valence-electron chi connectivity index (χ3n) is 1.49. The number of aliphatic carboxylic acids is 2. The summed E-state index contributed by atoms with van der Waals surface area (Å²) in [7, 11) is 0.